The van der Waals surface area contributed by atoms with E-state index in [1.807, 2.05) is 0 Å². The van der Waals surface area contributed by atoms with Gasteiger partial charge in [0, 0.05) is 12.0 Å². The molecule has 1 aromatic rings. The van der Waals surface area contributed by atoms with E-state index >= 15 is 0 Å². The van der Waals surface area contributed by atoms with Crippen molar-refractivity contribution in [2.45, 2.75) is 20.0 Å². The average molecular weight is 277 g/mol. The van der Waals surface area contributed by atoms with E-state index in [4.69, 9.17) is 5.11 Å². The zero-order valence-corrected chi connectivity index (χ0v) is 11.2. The lowest BCUT2D eigenvalue weighted by Crippen LogP contribution is -2.46. The summed E-state index contributed by atoms with van der Waals surface area (Å²) >= 11 is 0. The molecule has 0 saturated heterocycles. The van der Waals surface area contributed by atoms with Crippen molar-refractivity contribution < 1.29 is 24.6 Å². The predicted molar refractivity (Wildman–Crippen MR) is 69.2 cm³/mol. The number of benzene rings is 1. The molecule has 6 heteroatoms. The third-order valence-corrected chi connectivity index (χ3v) is 3.42. The van der Waals surface area contributed by atoms with Crippen LogP contribution in [0.3, 0.4) is 0 Å². The van der Waals surface area contributed by atoms with Crippen LogP contribution in [0.15, 0.2) is 24.3 Å². The minimum atomic E-state index is -1.66. The largest absolute Gasteiger partial charge is 0.479 e. The summed E-state index contributed by atoms with van der Waals surface area (Å²) in [6.45, 7) is 2.83. The van der Waals surface area contributed by atoms with E-state index in [-0.39, 0.29) is 6.54 Å². The number of aliphatic hydroxyl groups is 1. The van der Waals surface area contributed by atoms with Gasteiger partial charge in [-0.05, 0) is 12.1 Å². The fraction of sp³-hybridized carbons (Fsp3) is 0.357. The van der Waals surface area contributed by atoms with Gasteiger partial charge in [0.05, 0.1) is 11.1 Å². The van der Waals surface area contributed by atoms with Crippen LogP contribution in [0.4, 0.5) is 0 Å². The number of carboxylic acid groups (broad SMARTS) is 1. The molecule has 2 N–H and O–H groups in total. The van der Waals surface area contributed by atoms with Crippen molar-refractivity contribution in [3.8, 4) is 0 Å². The molecule has 0 aromatic heterocycles. The highest BCUT2D eigenvalue weighted by Gasteiger charge is 2.42. The van der Waals surface area contributed by atoms with Gasteiger partial charge >= 0.3 is 5.97 Å². The Morgan fingerprint density at radius 3 is 2.05 bits per heavy atom. The summed E-state index contributed by atoms with van der Waals surface area (Å²) < 4.78 is 0. The first-order valence-electron chi connectivity index (χ1n) is 6.12. The first-order valence-corrected chi connectivity index (χ1v) is 6.12. The number of amides is 2. The number of hydrogen-bond acceptors (Lipinski definition) is 4. The van der Waals surface area contributed by atoms with Crippen LogP contribution in [0.1, 0.15) is 34.6 Å². The molecular weight excluding hydrogens is 262 g/mol. The van der Waals surface area contributed by atoms with Crippen molar-refractivity contribution in [3.05, 3.63) is 35.4 Å². The zero-order valence-electron chi connectivity index (χ0n) is 11.2. The number of imide groups is 1. The minimum Gasteiger partial charge on any atom is -0.479 e. The molecule has 6 nitrogen and oxygen atoms in total. The van der Waals surface area contributed by atoms with Gasteiger partial charge in [-0.2, -0.15) is 0 Å². The van der Waals surface area contributed by atoms with Crippen molar-refractivity contribution >= 4 is 17.8 Å². The Labute approximate surface area is 115 Å². The molecule has 0 fully saturated rings. The number of carbonyl (C=O) groups excluding carboxylic acids is 2. The molecule has 2 rings (SSSR count). The maximum absolute atomic E-state index is 12.2. The van der Waals surface area contributed by atoms with Gasteiger partial charge in [0.15, 0.2) is 6.10 Å². The second-order valence-electron chi connectivity index (χ2n) is 5.47. The van der Waals surface area contributed by atoms with Gasteiger partial charge in [0.2, 0.25) is 0 Å². The molecule has 1 aromatic carbocycles. The van der Waals surface area contributed by atoms with Gasteiger partial charge < -0.3 is 10.2 Å². The lowest BCUT2D eigenvalue weighted by Gasteiger charge is -2.31. The highest BCUT2D eigenvalue weighted by atomic mass is 16.4. The van der Waals surface area contributed by atoms with Gasteiger partial charge in [0.1, 0.15) is 0 Å². The molecule has 0 saturated carbocycles. The van der Waals surface area contributed by atoms with Crippen LogP contribution < -0.4 is 0 Å². The number of fused-ring (bicyclic) bond motifs is 1. The molecule has 0 unspecified atom stereocenters. The SMILES string of the molecule is CC(C)(CN1C(=O)c2ccccc2C1=O)[C@@H](O)C(=O)O. The van der Waals surface area contributed by atoms with Gasteiger partial charge in [-0.25, -0.2) is 4.79 Å². The van der Waals surface area contributed by atoms with E-state index in [1.165, 1.54) is 13.8 Å². The summed E-state index contributed by atoms with van der Waals surface area (Å²) in [4.78, 5) is 36.2. The lowest BCUT2D eigenvalue weighted by atomic mass is 9.86. The van der Waals surface area contributed by atoms with Crippen LogP contribution in [-0.4, -0.2) is 45.5 Å². The monoisotopic (exact) mass is 277 g/mol. The van der Waals surface area contributed by atoms with Crippen LogP contribution in [0.2, 0.25) is 0 Å². The summed E-state index contributed by atoms with van der Waals surface area (Å²) in [6, 6.07) is 6.42. The van der Waals surface area contributed by atoms with E-state index in [1.54, 1.807) is 24.3 Å². The second-order valence-corrected chi connectivity index (χ2v) is 5.47. The molecule has 20 heavy (non-hydrogen) atoms. The van der Waals surface area contributed by atoms with E-state index in [0.29, 0.717) is 11.1 Å². The normalized spacial score (nSPS) is 16.2. The molecule has 0 bridgehead atoms. The quantitative estimate of drug-likeness (QED) is 0.792. The average Bonchev–Trinajstić information content (AvgIpc) is 2.63. The smallest absolute Gasteiger partial charge is 0.333 e. The lowest BCUT2D eigenvalue weighted by molar-refractivity contribution is -0.153. The molecule has 1 heterocycles. The van der Waals surface area contributed by atoms with E-state index in [0.717, 1.165) is 4.90 Å². The van der Waals surface area contributed by atoms with Crippen molar-refractivity contribution in [2.24, 2.45) is 5.41 Å². The Morgan fingerprint density at radius 2 is 1.65 bits per heavy atom. The molecule has 1 aliphatic heterocycles. The Kier molecular flexibility index (Phi) is 3.35. The Bertz CT molecular complexity index is 558. The summed E-state index contributed by atoms with van der Waals surface area (Å²) in [5, 5.41) is 18.5. The maximum Gasteiger partial charge on any atom is 0.333 e. The topological polar surface area (TPSA) is 94.9 Å². The van der Waals surface area contributed by atoms with Crippen molar-refractivity contribution in [2.75, 3.05) is 6.54 Å². The van der Waals surface area contributed by atoms with Crippen LogP contribution >= 0.6 is 0 Å². The van der Waals surface area contributed by atoms with Gasteiger partial charge in [-0.3, -0.25) is 14.5 Å². The van der Waals surface area contributed by atoms with Crippen LogP contribution in [-0.2, 0) is 4.79 Å². The number of rotatable bonds is 4. The number of carbonyl (C=O) groups is 3. The molecule has 0 radical (unpaired) electrons. The summed E-state index contributed by atoms with van der Waals surface area (Å²) in [6.07, 6.45) is -1.66. The third-order valence-electron chi connectivity index (χ3n) is 3.42. The first-order chi connectivity index (χ1) is 9.25. The number of carboxylic acids is 1. The first kappa shape index (κ1) is 14.2. The molecular formula is C14H15NO5. The zero-order chi connectivity index (χ0) is 15.1. The van der Waals surface area contributed by atoms with Gasteiger partial charge in [-0.15, -0.1) is 0 Å². The fourth-order valence-corrected chi connectivity index (χ4v) is 2.21. The second kappa shape index (κ2) is 4.72. The Morgan fingerprint density at radius 1 is 1.20 bits per heavy atom. The van der Waals surface area contributed by atoms with Crippen LogP contribution in [0, 0.1) is 5.41 Å². The fourth-order valence-electron chi connectivity index (χ4n) is 2.21. The standard InChI is InChI=1S/C14H15NO5/c1-14(2,10(16)13(19)20)7-15-11(17)8-5-3-4-6-9(8)12(15)18/h3-6,10,16H,7H2,1-2H3,(H,19,20)/t10-/m0/s1. The van der Waals surface area contributed by atoms with Crippen molar-refractivity contribution in [1.29, 1.82) is 0 Å². The summed E-state index contributed by atoms with van der Waals surface area (Å²) in [5.74, 6) is -2.31. The molecule has 0 spiro atoms. The highest BCUT2D eigenvalue weighted by Crippen LogP contribution is 2.29. The molecule has 1 atom stereocenters. The third kappa shape index (κ3) is 2.18. The van der Waals surface area contributed by atoms with E-state index in [2.05, 4.69) is 0 Å². The van der Waals surface area contributed by atoms with E-state index in [9.17, 15) is 19.5 Å². The Balaban J connectivity index is 2.27. The van der Waals surface area contributed by atoms with Crippen LogP contribution in [0.25, 0.3) is 0 Å². The Hall–Kier alpha value is -2.21. The number of nitrogens with zero attached hydrogens (tertiary/aromatic N) is 1. The van der Waals surface area contributed by atoms with Crippen LogP contribution in [0.5, 0.6) is 0 Å². The van der Waals surface area contributed by atoms with E-state index < -0.39 is 29.3 Å². The number of aliphatic hydroxyl groups excluding tert-OH is 1. The highest BCUT2D eigenvalue weighted by molar-refractivity contribution is 6.21. The van der Waals surface area contributed by atoms with Crippen molar-refractivity contribution in [3.63, 3.8) is 0 Å². The minimum absolute atomic E-state index is 0.160. The molecule has 0 aliphatic carbocycles. The predicted octanol–water partition coefficient (Wildman–Crippen LogP) is 0.754. The number of hydrogen-bond donors (Lipinski definition) is 2. The van der Waals surface area contributed by atoms with Gasteiger partial charge in [-0.1, -0.05) is 26.0 Å². The number of aliphatic carboxylic acids is 1. The van der Waals surface area contributed by atoms with Gasteiger partial charge in [0.25, 0.3) is 11.8 Å². The molecule has 2 amide bonds. The summed E-state index contributed by atoms with van der Waals surface area (Å²) in [5.41, 5.74) is -0.532. The molecule has 1 aliphatic rings. The summed E-state index contributed by atoms with van der Waals surface area (Å²) in [7, 11) is 0. The molecule has 106 valence electrons. The van der Waals surface area contributed by atoms with Crippen molar-refractivity contribution in [1.82, 2.24) is 4.90 Å². The maximum atomic E-state index is 12.2.